The van der Waals surface area contributed by atoms with Gasteiger partial charge in [0.1, 0.15) is 0 Å². The fraction of sp³-hybridized carbons (Fsp3) is 0.913. The molecule has 4 bridgehead atoms. The summed E-state index contributed by atoms with van der Waals surface area (Å²) in [5.41, 5.74) is 0.316. The zero-order valence-corrected chi connectivity index (χ0v) is 17.3. The summed E-state index contributed by atoms with van der Waals surface area (Å²) in [7, 11) is 0. The molecular weight excluding hydrogens is 324 g/mol. The SMILES string of the molecule is C=C1CC[C@@H]2[C@H]3[C@@H]4OC(C)(C)OC[C@@H]4C[C@@H]([C@@H](C(C)C)CC[C@H]2C)[C@@]13O. The first kappa shape index (κ1) is 19.0. The second kappa shape index (κ2) is 6.32. The summed E-state index contributed by atoms with van der Waals surface area (Å²) < 4.78 is 12.6. The van der Waals surface area contributed by atoms with E-state index in [0.29, 0.717) is 35.5 Å². The minimum Gasteiger partial charge on any atom is -0.385 e. The van der Waals surface area contributed by atoms with Crippen LogP contribution in [0.5, 0.6) is 0 Å². The molecular formula is C23H38O3. The van der Waals surface area contributed by atoms with Gasteiger partial charge in [-0.3, -0.25) is 0 Å². The zero-order chi connectivity index (χ0) is 18.9. The van der Waals surface area contributed by atoms with Gasteiger partial charge in [0.2, 0.25) is 0 Å². The van der Waals surface area contributed by atoms with E-state index in [1.54, 1.807) is 0 Å². The van der Waals surface area contributed by atoms with E-state index in [-0.39, 0.29) is 12.0 Å². The molecule has 3 saturated carbocycles. The van der Waals surface area contributed by atoms with E-state index in [1.165, 1.54) is 12.8 Å². The van der Waals surface area contributed by atoms with Crippen LogP contribution in [-0.2, 0) is 9.47 Å². The minimum atomic E-state index is -0.763. The Morgan fingerprint density at radius 3 is 2.62 bits per heavy atom. The molecule has 0 unspecified atom stereocenters. The van der Waals surface area contributed by atoms with Crippen molar-refractivity contribution in [2.24, 2.45) is 41.4 Å². The summed E-state index contributed by atoms with van der Waals surface area (Å²) in [6, 6.07) is 0. The number of aliphatic hydroxyl groups is 1. The molecule has 8 atom stereocenters. The van der Waals surface area contributed by atoms with E-state index in [2.05, 4.69) is 27.4 Å². The fourth-order valence-electron chi connectivity index (χ4n) is 7.03. The molecule has 0 spiro atoms. The predicted molar refractivity (Wildman–Crippen MR) is 104 cm³/mol. The van der Waals surface area contributed by atoms with Gasteiger partial charge in [0, 0.05) is 11.8 Å². The van der Waals surface area contributed by atoms with Gasteiger partial charge in [0.25, 0.3) is 0 Å². The molecule has 0 amide bonds. The van der Waals surface area contributed by atoms with Crippen molar-refractivity contribution < 1.29 is 14.6 Å². The van der Waals surface area contributed by atoms with Gasteiger partial charge in [0.15, 0.2) is 5.79 Å². The van der Waals surface area contributed by atoms with Gasteiger partial charge in [-0.25, -0.2) is 0 Å². The van der Waals surface area contributed by atoms with Gasteiger partial charge in [-0.1, -0.05) is 33.8 Å². The van der Waals surface area contributed by atoms with Crippen LogP contribution in [0.4, 0.5) is 0 Å². The van der Waals surface area contributed by atoms with Crippen LogP contribution in [0.2, 0.25) is 0 Å². The summed E-state index contributed by atoms with van der Waals surface area (Å²) in [6.45, 7) is 16.3. The van der Waals surface area contributed by atoms with Crippen LogP contribution in [-0.4, -0.2) is 29.2 Å². The van der Waals surface area contributed by atoms with Crippen LogP contribution < -0.4 is 0 Å². The highest BCUT2D eigenvalue weighted by atomic mass is 16.7. The Balaban J connectivity index is 1.82. The maximum atomic E-state index is 12.3. The van der Waals surface area contributed by atoms with Crippen molar-refractivity contribution in [3.8, 4) is 0 Å². The molecule has 1 heterocycles. The molecule has 1 N–H and O–H groups in total. The van der Waals surface area contributed by atoms with Crippen molar-refractivity contribution in [2.75, 3.05) is 6.61 Å². The summed E-state index contributed by atoms with van der Waals surface area (Å²) >= 11 is 0. The van der Waals surface area contributed by atoms with Gasteiger partial charge in [-0.05, 0) is 74.7 Å². The molecule has 4 rings (SSSR count). The molecule has 4 fully saturated rings. The van der Waals surface area contributed by atoms with Crippen molar-refractivity contribution in [3.05, 3.63) is 12.2 Å². The van der Waals surface area contributed by atoms with Crippen LogP contribution in [0.3, 0.4) is 0 Å². The first-order valence-electron chi connectivity index (χ1n) is 10.9. The molecule has 1 aliphatic heterocycles. The Bertz CT molecular complexity index is 568. The van der Waals surface area contributed by atoms with Crippen LogP contribution in [0, 0.1) is 41.4 Å². The number of rotatable bonds is 1. The lowest BCUT2D eigenvalue weighted by Crippen LogP contribution is -2.68. The highest BCUT2D eigenvalue weighted by Gasteiger charge is 2.64. The normalized spacial score (nSPS) is 50.7. The topological polar surface area (TPSA) is 38.7 Å². The van der Waals surface area contributed by atoms with E-state index in [1.807, 2.05) is 13.8 Å². The Hall–Kier alpha value is -0.380. The summed E-state index contributed by atoms with van der Waals surface area (Å²) in [6.07, 6.45) is 5.74. The van der Waals surface area contributed by atoms with Crippen LogP contribution in [0.15, 0.2) is 12.2 Å². The first-order valence-corrected chi connectivity index (χ1v) is 10.9. The summed E-state index contributed by atoms with van der Waals surface area (Å²) in [5.74, 6) is 2.62. The largest absolute Gasteiger partial charge is 0.385 e. The lowest BCUT2D eigenvalue weighted by atomic mass is 9.47. The average molecular weight is 363 g/mol. The van der Waals surface area contributed by atoms with E-state index in [9.17, 15) is 5.11 Å². The van der Waals surface area contributed by atoms with E-state index < -0.39 is 11.4 Å². The summed E-state index contributed by atoms with van der Waals surface area (Å²) in [4.78, 5) is 0. The molecule has 148 valence electrons. The predicted octanol–water partition coefficient (Wildman–Crippen LogP) is 4.79. The van der Waals surface area contributed by atoms with Crippen molar-refractivity contribution in [2.45, 2.75) is 84.2 Å². The third-order valence-electron chi connectivity index (χ3n) is 8.38. The van der Waals surface area contributed by atoms with Gasteiger partial charge < -0.3 is 14.6 Å². The lowest BCUT2D eigenvalue weighted by Gasteiger charge is -2.64. The first-order chi connectivity index (χ1) is 12.1. The number of fused-ring (bicyclic) bond motifs is 1. The second-order valence-electron chi connectivity index (χ2n) is 10.5. The minimum absolute atomic E-state index is 0.0930. The Labute approximate surface area is 159 Å². The highest BCUT2D eigenvalue weighted by Crippen LogP contribution is 2.61. The van der Waals surface area contributed by atoms with E-state index in [0.717, 1.165) is 31.4 Å². The van der Waals surface area contributed by atoms with Crippen molar-refractivity contribution in [3.63, 3.8) is 0 Å². The van der Waals surface area contributed by atoms with E-state index in [4.69, 9.17) is 9.47 Å². The van der Waals surface area contributed by atoms with Gasteiger partial charge in [-0.15, -0.1) is 0 Å². The summed E-state index contributed by atoms with van der Waals surface area (Å²) in [5, 5.41) is 12.3. The van der Waals surface area contributed by atoms with Crippen molar-refractivity contribution >= 4 is 0 Å². The molecule has 0 aromatic carbocycles. The second-order valence-corrected chi connectivity index (χ2v) is 10.5. The fourth-order valence-corrected chi connectivity index (χ4v) is 7.03. The quantitative estimate of drug-likeness (QED) is 0.682. The molecule has 3 nitrogen and oxygen atoms in total. The maximum absolute atomic E-state index is 12.3. The molecule has 3 heteroatoms. The third-order valence-corrected chi connectivity index (χ3v) is 8.38. The smallest absolute Gasteiger partial charge is 0.163 e. The molecule has 3 aliphatic carbocycles. The number of hydrogen-bond donors (Lipinski definition) is 1. The Kier molecular flexibility index (Phi) is 4.61. The molecule has 0 radical (unpaired) electrons. The van der Waals surface area contributed by atoms with Crippen LogP contribution in [0.1, 0.15) is 66.7 Å². The van der Waals surface area contributed by atoms with Gasteiger partial charge in [-0.2, -0.15) is 0 Å². The number of hydrogen-bond acceptors (Lipinski definition) is 3. The van der Waals surface area contributed by atoms with Gasteiger partial charge in [0.05, 0.1) is 18.3 Å². The zero-order valence-electron chi connectivity index (χ0n) is 17.3. The average Bonchev–Trinajstić information content (AvgIpc) is 2.55. The lowest BCUT2D eigenvalue weighted by molar-refractivity contribution is -0.340. The molecule has 0 aromatic rings. The van der Waals surface area contributed by atoms with Crippen LogP contribution in [0.25, 0.3) is 0 Å². The van der Waals surface area contributed by atoms with Crippen molar-refractivity contribution in [1.82, 2.24) is 0 Å². The Morgan fingerprint density at radius 1 is 1.19 bits per heavy atom. The van der Waals surface area contributed by atoms with Gasteiger partial charge >= 0.3 is 0 Å². The monoisotopic (exact) mass is 362 g/mol. The molecule has 4 aliphatic rings. The van der Waals surface area contributed by atoms with Crippen molar-refractivity contribution in [1.29, 1.82) is 0 Å². The Morgan fingerprint density at radius 2 is 1.92 bits per heavy atom. The third kappa shape index (κ3) is 2.72. The van der Waals surface area contributed by atoms with Crippen LogP contribution >= 0.6 is 0 Å². The highest BCUT2D eigenvalue weighted by molar-refractivity contribution is 5.27. The maximum Gasteiger partial charge on any atom is 0.163 e. The van der Waals surface area contributed by atoms with E-state index >= 15 is 0 Å². The molecule has 1 saturated heterocycles. The molecule has 0 aromatic heterocycles. The molecule has 26 heavy (non-hydrogen) atoms. The standard InChI is InChI=1S/C23H38O3/c1-13(2)17-9-7-14(3)18-10-8-15(4)23(24)19(17)11-16-12-25-22(5,6)26-21(16)20(18)23/h13-14,16-21,24H,4,7-12H2,1-3,5-6H3/t14-,16+,17-,18+,19+,20+,21-,23+/m1/s1. The number of ether oxygens (including phenoxy) is 2.